The predicted molar refractivity (Wildman–Crippen MR) is 291 cm³/mol. The monoisotopic (exact) mass is 902 g/mol. The Morgan fingerprint density at radius 1 is 0.414 bits per heavy atom. The molecule has 1 aliphatic heterocycles. The average molecular weight is 903 g/mol. The molecule has 0 N–H and O–H groups in total. The second-order valence-corrected chi connectivity index (χ2v) is 18.6. The molecule has 0 spiro atoms. The maximum atomic E-state index is 6.75. The van der Waals surface area contributed by atoms with E-state index in [0.717, 1.165) is 102 Å². The number of ether oxygens (including phenoxy) is 1. The van der Waals surface area contributed by atoms with Crippen LogP contribution in [-0.2, 0) is 0 Å². The van der Waals surface area contributed by atoms with Gasteiger partial charge in [-0.15, -0.1) is 0 Å². The Hall–Kier alpha value is -9.07. The van der Waals surface area contributed by atoms with Crippen LogP contribution in [-0.4, -0.2) is 32.4 Å². The van der Waals surface area contributed by atoms with Crippen molar-refractivity contribution >= 4 is 82.5 Å². The highest BCUT2D eigenvalue weighted by Gasteiger charge is 2.27. The van der Waals surface area contributed by atoms with Gasteiger partial charge in [-0.3, -0.25) is 4.57 Å². The smallest absolute Gasteiger partial charge is 0.137 e. The molecule has 0 bridgehead atoms. The van der Waals surface area contributed by atoms with E-state index in [1.54, 1.807) is 0 Å². The Balaban J connectivity index is 0.937. The van der Waals surface area contributed by atoms with Crippen LogP contribution in [0.3, 0.4) is 0 Å². The van der Waals surface area contributed by atoms with E-state index < -0.39 is 0 Å². The van der Waals surface area contributed by atoms with E-state index in [2.05, 4.69) is 251 Å². The summed E-state index contributed by atoms with van der Waals surface area (Å²) in [5.74, 6) is 2.38. The predicted octanol–water partition coefficient (Wildman–Crippen LogP) is 16.0. The molecule has 0 saturated carbocycles. The first-order valence-corrected chi connectivity index (χ1v) is 24.0. The fraction of sp³-hybridized carbons (Fsp3) is 0.0635. The van der Waals surface area contributed by atoms with Crippen molar-refractivity contribution in [2.24, 2.45) is 0 Å². The number of hydrogen-bond acceptors (Lipinski definition) is 4. The van der Waals surface area contributed by atoms with Crippen LogP contribution in [0.1, 0.15) is 11.1 Å². The topological polar surface area (TPSA) is 43.4 Å². The Kier molecular flexibility index (Phi) is 8.86. The van der Waals surface area contributed by atoms with Gasteiger partial charge in [-0.05, 0) is 104 Å². The molecule has 14 rings (SSSR count). The number of aryl methyl sites for hydroxylation is 2. The van der Waals surface area contributed by atoms with Crippen LogP contribution in [0.25, 0.3) is 93.7 Å². The maximum Gasteiger partial charge on any atom is 0.137 e. The van der Waals surface area contributed by atoms with Crippen molar-refractivity contribution < 1.29 is 4.74 Å². The van der Waals surface area contributed by atoms with E-state index >= 15 is 0 Å². The molecular formula is C63H46N6O. The molecule has 5 heterocycles. The summed E-state index contributed by atoms with van der Waals surface area (Å²) in [6.07, 6.45) is 2.09. The van der Waals surface area contributed by atoms with Crippen molar-refractivity contribution in [3.63, 3.8) is 0 Å². The first-order valence-electron chi connectivity index (χ1n) is 24.0. The maximum absolute atomic E-state index is 6.75. The summed E-state index contributed by atoms with van der Waals surface area (Å²) >= 11 is 0. The molecular weight excluding hydrogens is 857 g/mol. The van der Waals surface area contributed by atoms with Crippen LogP contribution in [0.5, 0.6) is 11.5 Å². The number of pyridine rings is 1. The van der Waals surface area contributed by atoms with Crippen molar-refractivity contribution in [2.75, 3.05) is 23.5 Å². The summed E-state index contributed by atoms with van der Waals surface area (Å²) in [6.45, 7) is 5.18. The zero-order valence-electron chi connectivity index (χ0n) is 39.0. The van der Waals surface area contributed by atoms with E-state index in [9.17, 15) is 0 Å². The van der Waals surface area contributed by atoms with Gasteiger partial charge >= 0.3 is 0 Å². The van der Waals surface area contributed by atoms with Gasteiger partial charge in [-0.2, -0.15) is 0 Å². The molecule has 0 atom stereocenters. The van der Waals surface area contributed by atoms with E-state index in [4.69, 9.17) is 9.72 Å². The highest BCUT2D eigenvalue weighted by molar-refractivity contribution is 6.13. The highest BCUT2D eigenvalue weighted by atomic mass is 16.5. The summed E-state index contributed by atoms with van der Waals surface area (Å²) in [7, 11) is 2.15. The van der Waals surface area contributed by atoms with E-state index in [1.807, 2.05) is 6.07 Å². The zero-order valence-corrected chi connectivity index (χ0v) is 39.0. The van der Waals surface area contributed by atoms with Crippen LogP contribution < -0.4 is 14.5 Å². The van der Waals surface area contributed by atoms with Crippen LogP contribution in [0.4, 0.5) is 17.1 Å². The SMILES string of the molecule is Cc1cc(-n2c3ccccc3c3ccc(Oc4cccc(N5CN(C)c6c(C)cccc65)c4)cc32)ncc1-c1c(-n2c3ccccc3c3ccccc32)cccc1-n1c2ccccc2c2ccccc21. The van der Waals surface area contributed by atoms with E-state index in [-0.39, 0.29) is 0 Å². The molecule has 1 aliphatic rings. The summed E-state index contributed by atoms with van der Waals surface area (Å²) in [5.41, 5.74) is 17.0. The Morgan fingerprint density at radius 3 is 1.47 bits per heavy atom. The van der Waals surface area contributed by atoms with Crippen LogP contribution in [0.15, 0.2) is 212 Å². The molecule has 9 aromatic carbocycles. The molecule has 0 unspecified atom stereocenters. The minimum absolute atomic E-state index is 0.757. The van der Waals surface area contributed by atoms with Gasteiger partial charge in [0.05, 0.1) is 62.5 Å². The second-order valence-electron chi connectivity index (χ2n) is 18.6. The number of hydrogen-bond donors (Lipinski definition) is 0. The zero-order chi connectivity index (χ0) is 46.6. The van der Waals surface area contributed by atoms with Gasteiger partial charge in [0.15, 0.2) is 0 Å². The summed E-state index contributed by atoms with van der Waals surface area (Å²) in [5, 5.41) is 7.18. The van der Waals surface area contributed by atoms with Crippen LogP contribution >= 0.6 is 0 Å². The van der Waals surface area contributed by atoms with Gasteiger partial charge in [0.1, 0.15) is 17.3 Å². The standard InChI is InChI=1S/C63H46N6O/c1-40-17-14-32-59-63(40)65(3)39-66(59)42-18-15-19-43(36-42)70-44-33-34-50-49-24-8-13-29-56(49)69(60(50)37-44)61-35-41(2)51(38-64-61)62-57(67-52-25-9-4-20-45(52)46-21-5-10-26-53(46)67)30-16-31-58(62)68-54-27-11-6-22-47(54)48-23-7-12-28-55(48)68/h4-38H,39H2,1-3H3. The van der Waals surface area contributed by atoms with Gasteiger partial charge in [0.2, 0.25) is 0 Å². The molecule has 7 heteroatoms. The third-order valence-electron chi connectivity index (χ3n) is 14.5. The third-order valence-corrected chi connectivity index (χ3v) is 14.5. The molecule has 0 fully saturated rings. The lowest BCUT2D eigenvalue weighted by atomic mass is 9.98. The van der Waals surface area contributed by atoms with Gasteiger partial charge in [-0.25, -0.2) is 4.98 Å². The summed E-state index contributed by atoms with van der Waals surface area (Å²) in [6, 6.07) is 74.0. The third kappa shape index (κ3) is 5.97. The van der Waals surface area contributed by atoms with Crippen LogP contribution in [0.2, 0.25) is 0 Å². The fourth-order valence-corrected chi connectivity index (χ4v) is 11.5. The van der Waals surface area contributed by atoms with E-state index in [1.165, 1.54) is 38.5 Å². The van der Waals surface area contributed by atoms with Gasteiger partial charge in [0.25, 0.3) is 0 Å². The van der Waals surface area contributed by atoms with Gasteiger partial charge in [0, 0.05) is 74.5 Å². The van der Waals surface area contributed by atoms with Crippen molar-refractivity contribution in [1.82, 2.24) is 18.7 Å². The Bertz CT molecular complexity index is 4030. The minimum atomic E-state index is 0.757. The lowest BCUT2D eigenvalue weighted by Crippen LogP contribution is -2.24. The average Bonchev–Trinajstić information content (AvgIpc) is 4.13. The molecule has 13 aromatic rings. The molecule has 0 radical (unpaired) electrons. The number of rotatable bonds is 7. The van der Waals surface area contributed by atoms with Crippen molar-refractivity contribution in [1.29, 1.82) is 0 Å². The second kappa shape index (κ2) is 15.5. The lowest BCUT2D eigenvalue weighted by molar-refractivity contribution is 0.483. The Morgan fingerprint density at radius 2 is 0.900 bits per heavy atom. The molecule has 4 aromatic heterocycles. The van der Waals surface area contributed by atoms with Gasteiger partial charge < -0.3 is 23.7 Å². The molecule has 7 nitrogen and oxygen atoms in total. The lowest BCUT2D eigenvalue weighted by Gasteiger charge is -2.21. The quantitative estimate of drug-likeness (QED) is 0.160. The number of anilines is 3. The molecule has 0 aliphatic carbocycles. The minimum Gasteiger partial charge on any atom is -0.457 e. The van der Waals surface area contributed by atoms with Gasteiger partial charge in [-0.1, -0.05) is 115 Å². The van der Waals surface area contributed by atoms with Crippen LogP contribution in [0, 0.1) is 13.8 Å². The first-order chi connectivity index (χ1) is 34.5. The molecule has 0 saturated heterocycles. The molecule has 0 amide bonds. The highest BCUT2D eigenvalue weighted by Crippen LogP contribution is 2.45. The number of nitrogens with zero attached hydrogens (tertiary/aromatic N) is 6. The Labute approximate surface area is 404 Å². The number of benzene rings is 9. The van der Waals surface area contributed by atoms with Crippen molar-refractivity contribution in [3.8, 4) is 39.8 Å². The molecule has 334 valence electrons. The largest absolute Gasteiger partial charge is 0.457 e. The van der Waals surface area contributed by atoms with E-state index in [0.29, 0.717) is 0 Å². The normalized spacial score (nSPS) is 12.7. The fourth-order valence-electron chi connectivity index (χ4n) is 11.5. The summed E-state index contributed by atoms with van der Waals surface area (Å²) in [4.78, 5) is 10.1. The number of aromatic nitrogens is 4. The van der Waals surface area contributed by atoms with Crippen molar-refractivity contribution in [3.05, 3.63) is 224 Å². The summed E-state index contributed by atoms with van der Waals surface area (Å²) < 4.78 is 13.9. The molecule has 70 heavy (non-hydrogen) atoms. The first kappa shape index (κ1) is 40.0. The number of para-hydroxylation sites is 6. The number of fused-ring (bicyclic) bond motifs is 10. The van der Waals surface area contributed by atoms with Crippen molar-refractivity contribution in [2.45, 2.75) is 13.8 Å².